The first-order chi connectivity index (χ1) is 15.8. The van der Waals surface area contributed by atoms with Crippen LogP contribution in [0, 0.1) is 0 Å². The normalized spacial score (nSPS) is 11.0. The lowest BCUT2D eigenvalue weighted by molar-refractivity contribution is 0.475. The molecule has 0 fully saturated rings. The largest absolute Gasteiger partial charge is 0.508 e. The zero-order valence-electron chi connectivity index (χ0n) is 20.6. The van der Waals surface area contributed by atoms with Gasteiger partial charge in [-0.2, -0.15) is 0 Å². The van der Waals surface area contributed by atoms with Gasteiger partial charge in [0.2, 0.25) is 0 Å². The van der Waals surface area contributed by atoms with Crippen molar-refractivity contribution in [3.63, 3.8) is 0 Å². The van der Waals surface area contributed by atoms with Crippen molar-refractivity contribution in [2.45, 2.75) is 116 Å². The molecule has 0 saturated carbocycles. The van der Waals surface area contributed by atoms with Gasteiger partial charge in [0.1, 0.15) is 5.75 Å². The quantitative estimate of drug-likeness (QED) is 0.169. The number of aromatic hydroxyl groups is 1. The maximum Gasteiger partial charge on any atom is 0.115 e. The van der Waals surface area contributed by atoms with E-state index in [1.807, 2.05) is 12.1 Å². The molecule has 0 spiro atoms. The molecule has 0 aliphatic carbocycles. The van der Waals surface area contributed by atoms with E-state index in [1.165, 1.54) is 115 Å². The van der Waals surface area contributed by atoms with E-state index in [4.69, 9.17) is 0 Å². The Balaban J connectivity index is 1.38. The number of phenols is 1. The minimum absolute atomic E-state index is 0.296. The van der Waals surface area contributed by atoms with E-state index in [1.54, 1.807) is 12.1 Å². The van der Waals surface area contributed by atoms with E-state index in [-0.39, 0.29) is 0 Å². The summed E-state index contributed by atoms with van der Waals surface area (Å²) >= 11 is 0. The van der Waals surface area contributed by atoms with Gasteiger partial charge >= 0.3 is 0 Å². The number of benzene rings is 2. The van der Waals surface area contributed by atoms with Gasteiger partial charge in [-0.05, 0) is 54.8 Å². The molecule has 0 heterocycles. The van der Waals surface area contributed by atoms with Crippen molar-refractivity contribution in [2.75, 3.05) is 5.32 Å². The SMILES string of the molecule is CCCCCCCCCCCCCCCCCCc1ccc(Nc2ccc(O)cc2)cc1. The van der Waals surface area contributed by atoms with E-state index >= 15 is 0 Å². The molecule has 2 heteroatoms. The molecule has 32 heavy (non-hydrogen) atoms. The lowest BCUT2D eigenvalue weighted by Gasteiger charge is -2.08. The van der Waals surface area contributed by atoms with Crippen LogP contribution in [0.15, 0.2) is 48.5 Å². The molecule has 0 bridgehead atoms. The van der Waals surface area contributed by atoms with Crippen molar-refractivity contribution in [3.05, 3.63) is 54.1 Å². The highest BCUT2D eigenvalue weighted by atomic mass is 16.3. The first-order valence-corrected chi connectivity index (χ1v) is 13.4. The summed E-state index contributed by atoms with van der Waals surface area (Å²) in [7, 11) is 0. The van der Waals surface area contributed by atoms with Gasteiger partial charge in [0, 0.05) is 11.4 Å². The van der Waals surface area contributed by atoms with Crippen molar-refractivity contribution < 1.29 is 5.11 Å². The number of aryl methyl sites for hydroxylation is 1. The molecule has 0 amide bonds. The molecule has 2 rings (SSSR count). The molecular formula is C30H47NO. The summed E-state index contributed by atoms with van der Waals surface area (Å²) in [6.45, 7) is 2.29. The van der Waals surface area contributed by atoms with E-state index < -0.39 is 0 Å². The van der Waals surface area contributed by atoms with Crippen LogP contribution in [0.3, 0.4) is 0 Å². The molecular weight excluding hydrogens is 390 g/mol. The monoisotopic (exact) mass is 437 g/mol. The summed E-state index contributed by atoms with van der Waals surface area (Å²) in [5.74, 6) is 0.296. The molecule has 2 nitrogen and oxygen atoms in total. The fraction of sp³-hybridized carbons (Fsp3) is 0.600. The highest BCUT2D eigenvalue weighted by Crippen LogP contribution is 2.20. The van der Waals surface area contributed by atoms with Crippen LogP contribution < -0.4 is 5.32 Å². The van der Waals surface area contributed by atoms with Gasteiger partial charge in [-0.25, -0.2) is 0 Å². The molecule has 0 aliphatic heterocycles. The zero-order valence-corrected chi connectivity index (χ0v) is 20.6. The summed E-state index contributed by atoms with van der Waals surface area (Å²) in [4.78, 5) is 0. The number of hydrogen-bond acceptors (Lipinski definition) is 2. The summed E-state index contributed by atoms with van der Waals surface area (Å²) in [6, 6.07) is 15.9. The lowest BCUT2D eigenvalue weighted by atomic mass is 10.0. The van der Waals surface area contributed by atoms with Crippen LogP contribution in [0.25, 0.3) is 0 Å². The van der Waals surface area contributed by atoms with Crippen LogP contribution in [0.2, 0.25) is 0 Å². The number of nitrogens with one attached hydrogen (secondary N) is 1. The van der Waals surface area contributed by atoms with Crippen molar-refractivity contribution >= 4 is 11.4 Å². The van der Waals surface area contributed by atoms with Crippen LogP contribution in [0.5, 0.6) is 5.75 Å². The minimum atomic E-state index is 0.296. The van der Waals surface area contributed by atoms with Crippen LogP contribution in [0.1, 0.15) is 115 Å². The fourth-order valence-corrected chi connectivity index (χ4v) is 4.34. The van der Waals surface area contributed by atoms with E-state index in [9.17, 15) is 5.11 Å². The van der Waals surface area contributed by atoms with Crippen molar-refractivity contribution in [1.29, 1.82) is 0 Å². The third kappa shape index (κ3) is 12.8. The Hall–Kier alpha value is -1.96. The maximum atomic E-state index is 9.37. The summed E-state index contributed by atoms with van der Waals surface area (Å²) in [6.07, 6.45) is 23.9. The summed E-state index contributed by atoms with van der Waals surface area (Å²) in [5, 5.41) is 12.7. The first-order valence-electron chi connectivity index (χ1n) is 13.4. The molecule has 2 N–H and O–H groups in total. The number of hydrogen-bond donors (Lipinski definition) is 2. The predicted octanol–water partition coefficient (Wildman–Crippen LogP) is 9.94. The smallest absolute Gasteiger partial charge is 0.115 e. The average molecular weight is 438 g/mol. The number of anilines is 2. The second-order valence-corrected chi connectivity index (χ2v) is 9.42. The van der Waals surface area contributed by atoms with Gasteiger partial charge in [-0.15, -0.1) is 0 Å². The summed E-state index contributed by atoms with van der Waals surface area (Å²) < 4.78 is 0. The Labute approximate surface area is 197 Å². The van der Waals surface area contributed by atoms with Gasteiger partial charge in [-0.3, -0.25) is 0 Å². The molecule has 0 unspecified atom stereocenters. The number of unbranched alkanes of at least 4 members (excludes halogenated alkanes) is 15. The Bertz CT molecular complexity index is 677. The Morgan fingerprint density at radius 3 is 1.31 bits per heavy atom. The lowest BCUT2D eigenvalue weighted by Crippen LogP contribution is -1.91. The highest BCUT2D eigenvalue weighted by Gasteiger charge is 1.98. The summed E-state index contributed by atoms with van der Waals surface area (Å²) in [5.41, 5.74) is 3.51. The third-order valence-corrected chi connectivity index (χ3v) is 6.43. The van der Waals surface area contributed by atoms with Gasteiger partial charge in [0.25, 0.3) is 0 Å². The average Bonchev–Trinajstić information content (AvgIpc) is 2.81. The number of rotatable bonds is 19. The van der Waals surface area contributed by atoms with Crippen molar-refractivity contribution in [1.82, 2.24) is 0 Å². The second-order valence-electron chi connectivity index (χ2n) is 9.42. The Morgan fingerprint density at radius 2 is 0.875 bits per heavy atom. The minimum Gasteiger partial charge on any atom is -0.508 e. The van der Waals surface area contributed by atoms with Crippen LogP contribution in [0.4, 0.5) is 11.4 Å². The van der Waals surface area contributed by atoms with Gasteiger partial charge in [0.05, 0.1) is 0 Å². The Morgan fingerprint density at radius 1 is 0.500 bits per heavy atom. The van der Waals surface area contributed by atoms with Gasteiger partial charge < -0.3 is 10.4 Å². The molecule has 0 atom stereocenters. The molecule has 0 saturated heterocycles. The zero-order chi connectivity index (χ0) is 22.7. The Kier molecular flexibility index (Phi) is 14.4. The second kappa shape index (κ2) is 17.6. The molecule has 2 aromatic carbocycles. The van der Waals surface area contributed by atoms with Crippen LogP contribution in [-0.2, 0) is 6.42 Å². The molecule has 0 aliphatic rings. The fourth-order valence-electron chi connectivity index (χ4n) is 4.34. The van der Waals surface area contributed by atoms with Gasteiger partial charge in [0.15, 0.2) is 0 Å². The molecule has 2 aromatic rings. The first kappa shape index (κ1) is 26.3. The van der Waals surface area contributed by atoms with Crippen LogP contribution in [-0.4, -0.2) is 5.11 Å². The standard InChI is InChI=1S/C30H47NO/c1-2-3-4-5-6-7-8-9-10-11-12-13-14-15-16-17-18-27-19-21-28(22-20-27)31-29-23-25-30(32)26-24-29/h19-26,31-32H,2-18H2,1H3. The topological polar surface area (TPSA) is 32.3 Å². The van der Waals surface area contributed by atoms with Crippen LogP contribution >= 0.6 is 0 Å². The van der Waals surface area contributed by atoms with E-state index in [2.05, 4.69) is 36.5 Å². The van der Waals surface area contributed by atoms with Crippen molar-refractivity contribution in [2.24, 2.45) is 0 Å². The van der Waals surface area contributed by atoms with E-state index in [0.29, 0.717) is 5.75 Å². The molecule has 178 valence electrons. The molecule has 0 aromatic heterocycles. The van der Waals surface area contributed by atoms with Gasteiger partial charge in [-0.1, -0.05) is 115 Å². The van der Waals surface area contributed by atoms with E-state index in [0.717, 1.165) is 11.4 Å². The van der Waals surface area contributed by atoms with Crippen molar-refractivity contribution in [3.8, 4) is 5.75 Å². The highest BCUT2D eigenvalue weighted by molar-refractivity contribution is 5.60. The number of phenolic OH excluding ortho intramolecular Hbond substituents is 1. The maximum absolute atomic E-state index is 9.37. The molecule has 0 radical (unpaired) electrons. The predicted molar refractivity (Wildman–Crippen MR) is 141 cm³/mol. The third-order valence-electron chi connectivity index (χ3n) is 6.43.